The first-order valence-corrected chi connectivity index (χ1v) is 6.45. The van der Waals surface area contributed by atoms with Crippen LogP contribution in [0.3, 0.4) is 0 Å². The van der Waals surface area contributed by atoms with Gasteiger partial charge in [-0.3, -0.25) is 0 Å². The summed E-state index contributed by atoms with van der Waals surface area (Å²) >= 11 is 0. The SMILES string of the molecule is CCC(=C[C@H](C)OC(=O)NCc1ccccc1)C(=O)O. The van der Waals surface area contributed by atoms with Crippen molar-refractivity contribution in [2.24, 2.45) is 0 Å². The molecule has 5 nitrogen and oxygen atoms in total. The van der Waals surface area contributed by atoms with E-state index in [1.54, 1.807) is 13.8 Å². The summed E-state index contributed by atoms with van der Waals surface area (Å²) < 4.78 is 5.06. The number of nitrogens with one attached hydrogen (secondary N) is 1. The van der Waals surface area contributed by atoms with Gasteiger partial charge in [0, 0.05) is 12.1 Å². The molecule has 1 aromatic rings. The number of ether oxygens (including phenoxy) is 1. The van der Waals surface area contributed by atoms with Crippen molar-refractivity contribution in [3.05, 3.63) is 47.5 Å². The fourth-order valence-electron chi connectivity index (χ4n) is 1.64. The van der Waals surface area contributed by atoms with Crippen molar-refractivity contribution in [3.63, 3.8) is 0 Å². The number of carboxylic acid groups (broad SMARTS) is 1. The van der Waals surface area contributed by atoms with Crippen LogP contribution in [-0.4, -0.2) is 23.3 Å². The number of carbonyl (C=O) groups excluding carboxylic acids is 1. The highest BCUT2D eigenvalue weighted by Crippen LogP contribution is 2.05. The first-order chi connectivity index (χ1) is 9.52. The van der Waals surface area contributed by atoms with Gasteiger partial charge in [0.25, 0.3) is 0 Å². The third-order valence-corrected chi connectivity index (χ3v) is 2.66. The number of hydrogen-bond donors (Lipinski definition) is 2. The first kappa shape index (κ1) is 15.8. The first-order valence-electron chi connectivity index (χ1n) is 6.45. The molecule has 1 amide bonds. The number of aliphatic carboxylic acids is 1. The Bertz CT molecular complexity index is 482. The molecule has 0 fully saturated rings. The van der Waals surface area contributed by atoms with E-state index in [2.05, 4.69) is 5.32 Å². The van der Waals surface area contributed by atoms with Gasteiger partial charge < -0.3 is 15.2 Å². The summed E-state index contributed by atoms with van der Waals surface area (Å²) in [7, 11) is 0. The van der Waals surface area contributed by atoms with Crippen molar-refractivity contribution in [2.45, 2.75) is 32.9 Å². The molecule has 0 saturated heterocycles. The van der Waals surface area contributed by atoms with Gasteiger partial charge in [-0.1, -0.05) is 37.3 Å². The molecule has 1 rings (SSSR count). The Kier molecular flexibility index (Phi) is 6.29. The lowest BCUT2D eigenvalue weighted by atomic mass is 10.1. The van der Waals surface area contributed by atoms with Crippen LogP contribution in [0, 0.1) is 0 Å². The highest BCUT2D eigenvalue weighted by molar-refractivity contribution is 5.86. The van der Waals surface area contributed by atoms with Crippen LogP contribution in [0.15, 0.2) is 42.0 Å². The van der Waals surface area contributed by atoms with Crippen LogP contribution >= 0.6 is 0 Å². The monoisotopic (exact) mass is 277 g/mol. The van der Waals surface area contributed by atoms with Gasteiger partial charge in [-0.2, -0.15) is 0 Å². The maximum Gasteiger partial charge on any atom is 0.407 e. The van der Waals surface area contributed by atoms with Gasteiger partial charge >= 0.3 is 12.1 Å². The molecule has 1 atom stereocenters. The van der Waals surface area contributed by atoms with Gasteiger partial charge in [-0.25, -0.2) is 9.59 Å². The molecule has 0 aliphatic rings. The van der Waals surface area contributed by atoms with E-state index < -0.39 is 18.2 Å². The predicted molar refractivity (Wildman–Crippen MR) is 75.2 cm³/mol. The smallest absolute Gasteiger partial charge is 0.407 e. The predicted octanol–water partition coefficient (Wildman–Crippen LogP) is 2.72. The number of rotatable bonds is 6. The quantitative estimate of drug-likeness (QED) is 0.784. The van der Waals surface area contributed by atoms with Gasteiger partial charge in [0.15, 0.2) is 0 Å². The van der Waals surface area contributed by atoms with Crippen LogP contribution in [0.25, 0.3) is 0 Å². The van der Waals surface area contributed by atoms with Crippen LogP contribution in [-0.2, 0) is 16.1 Å². The molecule has 0 aliphatic heterocycles. The van der Waals surface area contributed by atoms with E-state index in [4.69, 9.17) is 9.84 Å². The highest BCUT2D eigenvalue weighted by Gasteiger charge is 2.11. The standard InChI is InChI=1S/C15H19NO4/c1-3-13(14(17)18)9-11(2)20-15(19)16-10-12-7-5-4-6-8-12/h4-9,11H,3,10H2,1-2H3,(H,16,19)(H,17,18)/t11-/m0/s1. The second-order valence-corrected chi connectivity index (χ2v) is 4.30. The molecule has 0 bridgehead atoms. The largest absolute Gasteiger partial charge is 0.478 e. The van der Waals surface area contributed by atoms with Crippen LogP contribution in [0.1, 0.15) is 25.8 Å². The fraction of sp³-hybridized carbons (Fsp3) is 0.333. The van der Waals surface area contributed by atoms with Crippen molar-refractivity contribution in [3.8, 4) is 0 Å². The fourth-order valence-corrected chi connectivity index (χ4v) is 1.64. The zero-order chi connectivity index (χ0) is 15.0. The van der Waals surface area contributed by atoms with Crippen LogP contribution < -0.4 is 5.32 Å². The van der Waals surface area contributed by atoms with E-state index in [-0.39, 0.29) is 5.57 Å². The molecule has 0 saturated carbocycles. The van der Waals surface area contributed by atoms with E-state index in [0.717, 1.165) is 5.56 Å². The topological polar surface area (TPSA) is 75.6 Å². The molecule has 108 valence electrons. The van der Waals surface area contributed by atoms with Crippen LogP contribution in [0.4, 0.5) is 4.79 Å². The molecule has 0 unspecified atom stereocenters. The molecule has 1 aromatic carbocycles. The van der Waals surface area contributed by atoms with Crippen molar-refractivity contribution in [1.29, 1.82) is 0 Å². The van der Waals surface area contributed by atoms with Gasteiger partial charge in [-0.05, 0) is 25.0 Å². The molecule has 5 heteroatoms. The van der Waals surface area contributed by atoms with Crippen molar-refractivity contribution >= 4 is 12.1 Å². The molecular formula is C15H19NO4. The lowest BCUT2D eigenvalue weighted by molar-refractivity contribution is -0.132. The number of carbonyl (C=O) groups is 2. The van der Waals surface area contributed by atoms with E-state index in [1.807, 2.05) is 30.3 Å². The lowest BCUT2D eigenvalue weighted by Gasteiger charge is -2.11. The zero-order valence-corrected chi connectivity index (χ0v) is 11.6. The Hall–Kier alpha value is -2.30. The van der Waals surface area contributed by atoms with Crippen LogP contribution in [0.5, 0.6) is 0 Å². The number of benzene rings is 1. The lowest BCUT2D eigenvalue weighted by Crippen LogP contribution is -2.27. The minimum absolute atomic E-state index is 0.230. The summed E-state index contributed by atoms with van der Waals surface area (Å²) in [5.74, 6) is -0.993. The Morgan fingerprint density at radius 2 is 2.00 bits per heavy atom. The van der Waals surface area contributed by atoms with E-state index in [0.29, 0.717) is 13.0 Å². The molecule has 0 radical (unpaired) electrons. The van der Waals surface area contributed by atoms with Crippen molar-refractivity contribution in [2.75, 3.05) is 0 Å². The van der Waals surface area contributed by atoms with Crippen LogP contribution in [0.2, 0.25) is 0 Å². The van der Waals surface area contributed by atoms with Gasteiger partial charge in [0.1, 0.15) is 6.10 Å². The number of carboxylic acids is 1. The summed E-state index contributed by atoms with van der Waals surface area (Å²) in [4.78, 5) is 22.4. The van der Waals surface area contributed by atoms with Crippen molar-refractivity contribution in [1.82, 2.24) is 5.32 Å². The summed E-state index contributed by atoms with van der Waals surface area (Å²) in [5, 5.41) is 11.5. The minimum Gasteiger partial charge on any atom is -0.478 e. The molecule has 2 N–H and O–H groups in total. The zero-order valence-electron chi connectivity index (χ0n) is 11.6. The third-order valence-electron chi connectivity index (χ3n) is 2.66. The Labute approximate surface area is 118 Å². The van der Waals surface area contributed by atoms with Gasteiger partial charge in [0.2, 0.25) is 0 Å². The number of hydrogen-bond acceptors (Lipinski definition) is 3. The average Bonchev–Trinajstić information content (AvgIpc) is 2.43. The Morgan fingerprint density at radius 3 is 2.55 bits per heavy atom. The molecule has 0 spiro atoms. The average molecular weight is 277 g/mol. The molecule has 0 heterocycles. The second-order valence-electron chi connectivity index (χ2n) is 4.30. The molecule has 0 aromatic heterocycles. The maximum absolute atomic E-state index is 11.6. The maximum atomic E-state index is 11.6. The van der Waals surface area contributed by atoms with Gasteiger partial charge in [-0.15, -0.1) is 0 Å². The summed E-state index contributed by atoms with van der Waals surface area (Å²) in [6.45, 7) is 3.73. The van der Waals surface area contributed by atoms with Crippen molar-refractivity contribution < 1.29 is 19.4 Å². The number of alkyl carbamates (subject to hydrolysis) is 1. The minimum atomic E-state index is -0.993. The summed E-state index contributed by atoms with van der Waals surface area (Å²) in [6, 6.07) is 9.45. The highest BCUT2D eigenvalue weighted by atomic mass is 16.6. The number of amides is 1. The van der Waals surface area contributed by atoms with E-state index in [1.165, 1.54) is 6.08 Å². The van der Waals surface area contributed by atoms with Gasteiger partial charge in [0.05, 0.1) is 0 Å². The summed E-state index contributed by atoms with van der Waals surface area (Å²) in [5.41, 5.74) is 1.20. The Morgan fingerprint density at radius 1 is 1.35 bits per heavy atom. The van der Waals surface area contributed by atoms with E-state index >= 15 is 0 Å². The Balaban J connectivity index is 2.44. The molecule has 0 aliphatic carbocycles. The third kappa shape index (κ3) is 5.56. The van der Waals surface area contributed by atoms with E-state index in [9.17, 15) is 9.59 Å². The second kappa shape index (κ2) is 7.99. The molecular weight excluding hydrogens is 258 g/mol. The summed E-state index contributed by atoms with van der Waals surface area (Å²) in [6.07, 6.45) is 0.661. The normalized spacial score (nSPS) is 12.6. The molecule has 20 heavy (non-hydrogen) atoms.